The lowest BCUT2D eigenvalue weighted by molar-refractivity contribution is 0.138. The van der Waals surface area contributed by atoms with Crippen LogP contribution in [0.5, 0.6) is 0 Å². The molecule has 0 amide bonds. The lowest BCUT2D eigenvalue weighted by atomic mass is 9.98. The van der Waals surface area contributed by atoms with Gasteiger partial charge < -0.3 is 19.2 Å². The van der Waals surface area contributed by atoms with E-state index in [1.165, 1.54) is 6.26 Å². The monoisotopic (exact) mass is 226 g/mol. The third kappa shape index (κ3) is 2.54. The number of hydrogen-bond donors (Lipinski definition) is 1. The number of hydrogen-bond acceptors (Lipinski definition) is 5. The third-order valence-electron chi connectivity index (χ3n) is 2.99. The van der Waals surface area contributed by atoms with Crippen LogP contribution in [0.3, 0.4) is 0 Å². The molecule has 1 fully saturated rings. The fraction of sp³-hybridized carbons (Fsp3) is 0.727. The zero-order valence-electron chi connectivity index (χ0n) is 9.56. The van der Waals surface area contributed by atoms with Crippen LogP contribution in [-0.4, -0.2) is 36.9 Å². The summed E-state index contributed by atoms with van der Waals surface area (Å²) in [5, 5.41) is 8.90. The van der Waals surface area contributed by atoms with E-state index < -0.39 is 0 Å². The minimum Gasteiger partial charge on any atom is -0.432 e. The molecule has 0 atom stereocenters. The van der Waals surface area contributed by atoms with Gasteiger partial charge in [0.2, 0.25) is 0 Å². The van der Waals surface area contributed by atoms with Gasteiger partial charge in [0, 0.05) is 26.8 Å². The van der Waals surface area contributed by atoms with Gasteiger partial charge in [0.25, 0.3) is 6.01 Å². The second kappa shape index (κ2) is 5.32. The highest BCUT2D eigenvalue weighted by atomic mass is 16.5. The van der Waals surface area contributed by atoms with E-state index in [0.29, 0.717) is 17.6 Å². The van der Waals surface area contributed by atoms with E-state index in [1.54, 1.807) is 7.11 Å². The fourth-order valence-electron chi connectivity index (χ4n) is 2.04. The van der Waals surface area contributed by atoms with Gasteiger partial charge in [-0.1, -0.05) is 0 Å². The number of nitrogens with zero attached hydrogens (tertiary/aromatic N) is 2. The van der Waals surface area contributed by atoms with Crippen molar-refractivity contribution in [3.8, 4) is 0 Å². The van der Waals surface area contributed by atoms with E-state index in [4.69, 9.17) is 14.3 Å². The molecule has 5 nitrogen and oxygen atoms in total. The summed E-state index contributed by atoms with van der Waals surface area (Å²) in [6, 6.07) is 0.625. The number of anilines is 1. The largest absolute Gasteiger partial charge is 0.432 e. The summed E-state index contributed by atoms with van der Waals surface area (Å²) >= 11 is 0. The molecule has 16 heavy (non-hydrogen) atoms. The van der Waals surface area contributed by atoms with Crippen molar-refractivity contribution >= 4 is 6.01 Å². The van der Waals surface area contributed by atoms with E-state index in [2.05, 4.69) is 9.88 Å². The number of aromatic nitrogens is 1. The molecule has 0 aliphatic carbocycles. The Labute approximate surface area is 95.0 Å². The standard InChI is InChI=1S/C11H18N2O3/c1-15-7-9-2-4-13(5-3-9)11-12-10(6-14)8-16-11/h8-9,14H,2-7H2,1H3. The summed E-state index contributed by atoms with van der Waals surface area (Å²) in [7, 11) is 1.74. The predicted molar refractivity (Wildman–Crippen MR) is 59.2 cm³/mol. The molecular formula is C11H18N2O3. The van der Waals surface area contributed by atoms with Crippen molar-refractivity contribution in [2.45, 2.75) is 19.4 Å². The van der Waals surface area contributed by atoms with Gasteiger partial charge in [-0.3, -0.25) is 0 Å². The van der Waals surface area contributed by atoms with Gasteiger partial charge in [0.1, 0.15) is 12.0 Å². The van der Waals surface area contributed by atoms with Gasteiger partial charge >= 0.3 is 0 Å². The normalized spacial score (nSPS) is 18.0. The highest BCUT2D eigenvalue weighted by Crippen LogP contribution is 2.22. The SMILES string of the molecule is COCC1CCN(c2nc(CO)co2)CC1. The molecule has 1 aromatic rings. The van der Waals surface area contributed by atoms with Gasteiger partial charge in [-0.25, -0.2) is 0 Å². The molecule has 5 heteroatoms. The molecule has 2 heterocycles. The number of piperidine rings is 1. The number of ether oxygens (including phenoxy) is 1. The van der Waals surface area contributed by atoms with Crippen LogP contribution < -0.4 is 4.90 Å². The smallest absolute Gasteiger partial charge is 0.297 e. The van der Waals surface area contributed by atoms with Crippen LogP contribution in [0.1, 0.15) is 18.5 Å². The van der Waals surface area contributed by atoms with Crippen molar-refractivity contribution in [1.82, 2.24) is 4.98 Å². The Morgan fingerprint density at radius 1 is 1.56 bits per heavy atom. The Kier molecular flexibility index (Phi) is 3.79. The minimum absolute atomic E-state index is 0.0658. The average molecular weight is 226 g/mol. The highest BCUT2D eigenvalue weighted by Gasteiger charge is 2.22. The summed E-state index contributed by atoms with van der Waals surface area (Å²) < 4.78 is 10.5. The van der Waals surface area contributed by atoms with Crippen LogP contribution in [0, 0.1) is 5.92 Å². The Bertz CT molecular complexity index is 319. The fourth-order valence-corrected chi connectivity index (χ4v) is 2.04. The first-order valence-corrected chi connectivity index (χ1v) is 5.62. The number of aliphatic hydroxyl groups is 1. The summed E-state index contributed by atoms with van der Waals surface area (Å²) in [6.07, 6.45) is 3.71. The second-order valence-electron chi connectivity index (χ2n) is 4.17. The first kappa shape index (κ1) is 11.4. The van der Waals surface area contributed by atoms with Crippen molar-refractivity contribution in [2.75, 3.05) is 31.7 Å². The first-order chi connectivity index (χ1) is 7.83. The van der Waals surface area contributed by atoms with E-state index in [0.717, 1.165) is 32.5 Å². The summed E-state index contributed by atoms with van der Waals surface area (Å²) in [5.41, 5.74) is 0.592. The van der Waals surface area contributed by atoms with Crippen molar-refractivity contribution in [1.29, 1.82) is 0 Å². The van der Waals surface area contributed by atoms with E-state index in [1.807, 2.05) is 0 Å². The Morgan fingerprint density at radius 3 is 2.88 bits per heavy atom. The lowest BCUT2D eigenvalue weighted by Crippen LogP contribution is -2.35. The summed E-state index contributed by atoms with van der Waals surface area (Å²) in [4.78, 5) is 6.32. The van der Waals surface area contributed by atoms with Crippen LogP contribution in [-0.2, 0) is 11.3 Å². The molecule has 1 aliphatic rings. The Morgan fingerprint density at radius 2 is 2.31 bits per heavy atom. The van der Waals surface area contributed by atoms with E-state index in [9.17, 15) is 0 Å². The predicted octanol–water partition coefficient (Wildman–Crippen LogP) is 1.03. The Hall–Kier alpha value is -1.07. The van der Waals surface area contributed by atoms with E-state index >= 15 is 0 Å². The maximum atomic E-state index is 8.90. The van der Waals surface area contributed by atoms with Gasteiger partial charge in [0.05, 0.1) is 6.61 Å². The molecule has 0 bridgehead atoms. The lowest BCUT2D eigenvalue weighted by Gasteiger charge is -2.30. The zero-order chi connectivity index (χ0) is 11.4. The van der Waals surface area contributed by atoms with Gasteiger partial charge in [0.15, 0.2) is 0 Å². The van der Waals surface area contributed by atoms with Crippen LogP contribution in [0.15, 0.2) is 10.7 Å². The van der Waals surface area contributed by atoms with Crippen LogP contribution in [0.4, 0.5) is 6.01 Å². The van der Waals surface area contributed by atoms with Gasteiger partial charge in [-0.2, -0.15) is 4.98 Å². The molecule has 90 valence electrons. The minimum atomic E-state index is -0.0658. The van der Waals surface area contributed by atoms with Gasteiger partial charge in [-0.15, -0.1) is 0 Å². The second-order valence-corrected chi connectivity index (χ2v) is 4.17. The molecule has 1 aliphatic heterocycles. The van der Waals surface area contributed by atoms with Crippen molar-refractivity contribution in [2.24, 2.45) is 5.92 Å². The molecule has 1 N–H and O–H groups in total. The molecule has 0 unspecified atom stereocenters. The number of oxazole rings is 1. The van der Waals surface area contributed by atoms with Crippen LogP contribution in [0.2, 0.25) is 0 Å². The van der Waals surface area contributed by atoms with Crippen LogP contribution in [0.25, 0.3) is 0 Å². The average Bonchev–Trinajstić information content (AvgIpc) is 2.79. The molecule has 1 aromatic heterocycles. The van der Waals surface area contributed by atoms with Crippen molar-refractivity contribution in [3.05, 3.63) is 12.0 Å². The number of methoxy groups -OCH3 is 1. The molecule has 0 radical (unpaired) electrons. The maximum Gasteiger partial charge on any atom is 0.297 e. The van der Waals surface area contributed by atoms with Crippen molar-refractivity contribution < 1.29 is 14.3 Å². The number of rotatable bonds is 4. The molecule has 0 saturated carbocycles. The molecule has 2 rings (SSSR count). The Balaban J connectivity index is 1.88. The molecule has 0 aromatic carbocycles. The first-order valence-electron chi connectivity index (χ1n) is 5.62. The third-order valence-corrected chi connectivity index (χ3v) is 2.99. The van der Waals surface area contributed by atoms with E-state index in [-0.39, 0.29) is 6.61 Å². The summed E-state index contributed by atoms with van der Waals surface area (Å²) in [5.74, 6) is 0.647. The maximum absolute atomic E-state index is 8.90. The zero-order valence-corrected chi connectivity index (χ0v) is 9.56. The highest BCUT2D eigenvalue weighted by molar-refractivity contribution is 5.27. The number of aliphatic hydroxyl groups excluding tert-OH is 1. The quantitative estimate of drug-likeness (QED) is 0.831. The topological polar surface area (TPSA) is 58.7 Å². The molecular weight excluding hydrogens is 208 g/mol. The molecule has 1 saturated heterocycles. The van der Waals surface area contributed by atoms with Gasteiger partial charge in [-0.05, 0) is 18.8 Å². The molecule has 0 spiro atoms. The van der Waals surface area contributed by atoms with Crippen LogP contribution >= 0.6 is 0 Å². The summed E-state index contributed by atoms with van der Waals surface area (Å²) in [6.45, 7) is 2.66. The van der Waals surface area contributed by atoms with Crippen molar-refractivity contribution in [3.63, 3.8) is 0 Å².